The maximum Gasteiger partial charge on any atom is 0.255 e. The van der Waals surface area contributed by atoms with Gasteiger partial charge in [-0.25, -0.2) is 9.97 Å². The van der Waals surface area contributed by atoms with Crippen LogP contribution >= 0.6 is 0 Å². The second-order valence-electron chi connectivity index (χ2n) is 9.78. The summed E-state index contributed by atoms with van der Waals surface area (Å²) in [4.78, 5) is 33.8. The number of amides is 2. The van der Waals surface area contributed by atoms with Crippen LogP contribution in [0.1, 0.15) is 61.4 Å². The molecule has 0 atom stereocenters. The Morgan fingerprint density at radius 1 is 1.00 bits per heavy atom. The number of pyridine rings is 2. The number of carbonyl (C=O) groups excluding carboxylic acids is 2. The Morgan fingerprint density at radius 2 is 1.73 bits per heavy atom. The standard InChI is InChI=1S/C27H31N7O3/c1-17(35)31-20-2-4-21(5-3-20)33-27(36)23-16-29-25(13-24(23)32-22-7-10-37-11-8-22)34-9-6-19-12-18(14-28)15-30-26(19)34/h6,9,12-13,15-16,20-22H,2-5,7-8,10-11H2,1H3,(H,29,32)(H,31,35)(H,33,36). The zero-order chi connectivity index (χ0) is 25.8. The first-order chi connectivity index (χ1) is 18.0. The van der Waals surface area contributed by atoms with Crippen LogP contribution in [0.3, 0.4) is 0 Å². The van der Waals surface area contributed by atoms with Crippen molar-refractivity contribution in [2.24, 2.45) is 0 Å². The molecule has 37 heavy (non-hydrogen) atoms. The van der Waals surface area contributed by atoms with Gasteiger partial charge in [-0.1, -0.05) is 0 Å². The number of ether oxygens (including phenoxy) is 1. The minimum Gasteiger partial charge on any atom is -0.381 e. The first-order valence-electron chi connectivity index (χ1n) is 12.8. The van der Waals surface area contributed by atoms with Gasteiger partial charge in [0, 0.05) is 68.3 Å². The van der Waals surface area contributed by atoms with Gasteiger partial charge in [0.05, 0.1) is 16.8 Å². The molecule has 0 bridgehead atoms. The summed E-state index contributed by atoms with van der Waals surface area (Å²) in [5.74, 6) is 0.457. The van der Waals surface area contributed by atoms with Crippen molar-refractivity contribution in [1.29, 1.82) is 5.26 Å². The van der Waals surface area contributed by atoms with Gasteiger partial charge >= 0.3 is 0 Å². The van der Waals surface area contributed by atoms with Crippen LogP contribution in [0, 0.1) is 11.3 Å². The number of rotatable bonds is 6. The molecule has 1 aliphatic heterocycles. The first-order valence-corrected chi connectivity index (χ1v) is 12.8. The minimum absolute atomic E-state index is 0.0151. The predicted octanol–water partition coefficient (Wildman–Crippen LogP) is 3.06. The summed E-state index contributed by atoms with van der Waals surface area (Å²) in [5.41, 5.74) is 2.40. The highest BCUT2D eigenvalue weighted by Gasteiger charge is 2.25. The van der Waals surface area contributed by atoms with Crippen LogP contribution in [-0.4, -0.2) is 57.7 Å². The summed E-state index contributed by atoms with van der Waals surface area (Å²) in [6.45, 7) is 2.90. The Hall–Kier alpha value is -3.97. The third-order valence-corrected chi connectivity index (χ3v) is 7.09. The molecule has 2 fully saturated rings. The minimum atomic E-state index is -0.161. The van der Waals surface area contributed by atoms with Crippen molar-refractivity contribution in [3.8, 4) is 11.9 Å². The van der Waals surface area contributed by atoms with Crippen molar-refractivity contribution in [2.75, 3.05) is 18.5 Å². The molecular formula is C27H31N7O3. The lowest BCUT2D eigenvalue weighted by molar-refractivity contribution is -0.119. The Kier molecular flexibility index (Phi) is 7.32. The molecule has 2 aliphatic rings. The van der Waals surface area contributed by atoms with E-state index >= 15 is 0 Å². The third-order valence-electron chi connectivity index (χ3n) is 7.09. The normalized spacial score (nSPS) is 20.2. The number of nitrogens with zero attached hydrogens (tertiary/aromatic N) is 4. The molecule has 3 aromatic rings. The van der Waals surface area contributed by atoms with E-state index in [-0.39, 0.29) is 29.9 Å². The number of anilines is 1. The summed E-state index contributed by atoms with van der Waals surface area (Å²) in [6, 6.07) is 8.12. The van der Waals surface area contributed by atoms with Gasteiger partial charge in [0.2, 0.25) is 5.91 Å². The number of fused-ring (bicyclic) bond motifs is 1. The summed E-state index contributed by atoms with van der Waals surface area (Å²) < 4.78 is 7.36. The molecule has 10 heteroatoms. The van der Waals surface area contributed by atoms with Crippen LogP contribution in [0.5, 0.6) is 0 Å². The molecule has 192 valence electrons. The van der Waals surface area contributed by atoms with Gasteiger partial charge < -0.3 is 20.7 Å². The monoisotopic (exact) mass is 501 g/mol. The molecule has 0 unspecified atom stereocenters. The van der Waals surface area contributed by atoms with Crippen molar-refractivity contribution >= 4 is 28.5 Å². The number of aromatic nitrogens is 3. The molecule has 3 N–H and O–H groups in total. The molecule has 0 radical (unpaired) electrons. The Bertz CT molecular complexity index is 1330. The van der Waals surface area contributed by atoms with E-state index in [0.29, 0.717) is 35.8 Å². The van der Waals surface area contributed by atoms with Crippen molar-refractivity contribution in [1.82, 2.24) is 25.2 Å². The first kappa shape index (κ1) is 24.7. The van der Waals surface area contributed by atoms with Gasteiger partial charge in [0.1, 0.15) is 17.5 Å². The van der Waals surface area contributed by atoms with Crippen molar-refractivity contribution in [2.45, 2.75) is 63.6 Å². The van der Waals surface area contributed by atoms with E-state index in [2.05, 4.69) is 32.0 Å². The Balaban J connectivity index is 1.38. The highest BCUT2D eigenvalue weighted by atomic mass is 16.5. The molecule has 0 spiro atoms. The van der Waals surface area contributed by atoms with Gasteiger partial charge in [0.15, 0.2) is 0 Å². The molecule has 4 heterocycles. The van der Waals surface area contributed by atoms with Crippen molar-refractivity contribution in [3.63, 3.8) is 0 Å². The third kappa shape index (κ3) is 5.73. The van der Waals surface area contributed by atoms with Gasteiger partial charge in [-0.05, 0) is 50.7 Å². The lowest BCUT2D eigenvalue weighted by Gasteiger charge is -2.30. The Labute approximate surface area is 215 Å². The van der Waals surface area contributed by atoms with E-state index in [0.717, 1.165) is 49.6 Å². The molecule has 1 aliphatic carbocycles. The molecular weight excluding hydrogens is 470 g/mol. The van der Waals surface area contributed by atoms with Crippen LogP contribution in [0.25, 0.3) is 16.9 Å². The number of hydrogen-bond donors (Lipinski definition) is 3. The zero-order valence-corrected chi connectivity index (χ0v) is 20.9. The summed E-state index contributed by atoms with van der Waals surface area (Å²) in [7, 11) is 0. The van der Waals surface area contributed by atoms with Gasteiger partial charge in [-0.15, -0.1) is 0 Å². The van der Waals surface area contributed by atoms with E-state index < -0.39 is 0 Å². The second kappa shape index (κ2) is 11.0. The van der Waals surface area contributed by atoms with E-state index in [1.165, 1.54) is 6.92 Å². The van der Waals surface area contributed by atoms with Crippen LogP contribution in [0.15, 0.2) is 36.8 Å². The fourth-order valence-corrected chi connectivity index (χ4v) is 5.14. The molecule has 3 aromatic heterocycles. The van der Waals surface area contributed by atoms with Gasteiger partial charge in [-0.2, -0.15) is 5.26 Å². The van der Waals surface area contributed by atoms with Gasteiger partial charge in [0.25, 0.3) is 5.91 Å². The van der Waals surface area contributed by atoms with Crippen LogP contribution < -0.4 is 16.0 Å². The topological polar surface area (TPSA) is 134 Å². The zero-order valence-electron chi connectivity index (χ0n) is 20.9. The summed E-state index contributed by atoms with van der Waals surface area (Å²) >= 11 is 0. The van der Waals surface area contributed by atoms with E-state index in [9.17, 15) is 14.9 Å². The average Bonchev–Trinajstić information content (AvgIpc) is 3.33. The maximum atomic E-state index is 13.4. The second-order valence-corrected chi connectivity index (χ2v) is 9.78. The highest BCUT2D eigenvalue weighted by molar-refractivity contribution is 6.00. The smallest absolute Gasteiger partial charge is 0.255 e. The Morgan fingerprint density at radius 3 is 2.43 bits per heavy atom. The molecule has 2 amide bonds. The van der Waals surface area contributed by atoms with E-state index in [4.69, 9.17) is 4.74 Å². The lowest BCUT2D eigenvalue weighted by Crippen LogP contribution is -2.43. The molecule has 1 saturated heterocycles. The molecule has 10 nitrogen and oxygen atoms in total. The predicted molar refractivity (Wildman–Crippen MR) is 138 cm³/mol. The quantitative estimate of drug-likeness (QED) is 0.473. The van der Waals surface area contributed by atoms with E-state index in [1.807, 2.05) is 22.9 Å². The maximum absolute atomic E-state index is 13.4. The highest BCUT2D eigenvalue weighted by Crippen LogP contribution is 2.26. The SMILES string of the molecule is CC(=O)NC1CCC(NC(=O)c2cnc(-n3ccc4cc(C#N)cnc43)cc2NC2CCOCC2)CC1. The van der Waals surface area contributed by atoms with Crippen molar-refractivity contribution < 1.29 is 14.3 Å². The number of nitrogens with one attached hydrogen (secondary N) is 3. The molecule has 0 aromatic carbocycles. The fraction of sp³-hybridized carbons (Fsp3) is 0.444. The molecule has 5 rings (SSSR count). The van der Waals surface area contributed by atoms with Crippen LogP contribution in [0.4, 0.5) is 5.69 Å². The number of nitriles is 1. The van der Waals surface area contributed by atoms with Crippen molar-refractivity contribution in [3.05, 3.63) is 47.9 Å². The average molecular weight is 502 g/mol. The summed E-state index contributed by atoms with van der Waals surface area (Å²) in [5, 5.41) is 19.7. The summed E-state index contributed by atoms with van der Waals surface area (Å²) in [6.07, 6.45) is 10.1. The lowest BCUT2D eigenvalue weighted by atomic mass is 9.91. The number of carbonyl (C=O) groups is 2. The van der Waals surface area contributed by atoms with Crippen LogP contribution in [-0.2, 0) is 9.53 Å². The molecule has 1 saturated carbocycles. The largest absolute Gasteiger partial charge is 0.381 e. The van der Waals surface area contributed by atoms with E-state index in [1.54, 1.807) is 18.5 Å². The number of hydrogen-bond acceptors (Lipinski definition) is 7. The van der Waals surface area contributed by atoms with Crippen LogP contribution in [0.2, 0.25) is 0 Å². The fourth-order valence-electron chi connectivity index (χ4n) is 5.14. The van der Waals surface area contributed by atoms with Gasteiger partial charge in [-0.3, -0.25) is 14.2 Å².